The average Bonchev–Trinajstić information content (AvgIpc) is 2.45. The number of pyridine rings is 1. The van der Waals surface area contributed by atoms with Crippen molar-refractivity contribution in [1.82, 2.24) is 5.32 Å². The maximum Gasteiger partial charge on any atom is 0.170 e. The normalized spacial score (nSPS) is 27.0. The van der Waals surface area contributed by atoms with Gasteiger partial charge in [-0.05, 0) is 17.9 Å². The monoisotopic (exact) mass is 294 g/mol. The van der Waals surface area contributed by atoms with E-state index in [0.717, 1.165) is 23.3 Å². The standard InChI is InChI=1S/C18H19N3O/c1-11-13(9-19)16(12-5-4-6-20-10-12)17-14(21-11)7-18(2,3)8-15(17)22/h4-6,10,13,16,21H,1,7-8H2,2-3H3/p+1. The van der Waals surface area contributed by atoms with Crippen LogP contribution in [0.2, 0.25) is 0 Å². The van der Waals surface area contributed by atoms with E-state index in [9.17, 15) is 10.1 Å². The summed E-state index contributed by atoms with van der Waals surface area (Å²) in [6.07, 6.45) is 5.01. The lowest BCUT2D eigenvalue weighted by atomic mass is 9.67. The molecule has 2 atom stereocenters. The Morgan fingerprint density at radius 2 is 2.23 bits per heavy atom. The van der Waals surface area contributed by atoms with Crippen LogP contribution in [-0.4, -0.2) is 5.78 Å². The molecule has 22 heavy (non-hydrogen) atoms. The van der Waals surface area contributed by atoms with E-state index in [1.807, 2.05) is 24.5 Å². The van der Waals surface area contributed by atoms with Crippen molar-refractivity contribution >= 4 is 5.78 Å². The molecule has 112 valence electrons. The molecule has 1 aliphatic heterocycles. The first kappa shape index (κ1) is 14.5. The molecule has 2 aliphatic rings. The Morgan fingerprint density at radius 1 is 1.45 bits per heavy atom. The maximum absolute atomic E-state index is 12.7. The summed E-state index contributed by atoms with van der Waals surface area (Å²) in [5.74, 6) is -0.533. The third-order valence-corrected chi connectivity index (χ3v) is 4.48. The number of rotatable bonds is 1. The van der Waals surface area contributed by atoms with E-state index in [-0.39, 0.29) is 17.1 Å². The number of allylic oxidation sites excluding steroid dienone is 3. The number of carbonyl (C=O) groups is 1. The van der Waals surface area contributed by atoms with Gasteiger partial charge >= 0.3 is 0 Å². The first-order chi connectivity index (χ1) is 10.4. The fourth-order valence-electron chi connectivity index (χ4n) is 3.56. The van der Waals surface area contributed by atoms with Gasteiger partial charge in [0.2, 0.25) is 0 Å². The van der Waals surface area contributed by atoms with Crippen LogP contribution >= 0.6 is 0 Å². The topological polar surface area (TPSA) is 67.0 Å². The van der Waals surface area contributed by atoms with Gasteiger partial charge in [-0.25, -0.2) is 4.98 Å². The molecule has 2 unspecified atom stereocenters. The summed E-state index contributed by atoms with van der Waals surface area (Å²) in [5.41, 5.74) is 3.28. The minimum Gasteiger partial charge on any atom is -0.361 e. The largest absolute Gasteiger partial charge is 0.361 e. The molecule has 0 saturated carbocycles. The second kappa shape index (κ2) is 5.10. The van der Waals surface area contributed by atoms with Gasteiger partial charge in [-0.1, -0.05) is 20.4 Å². The first-order valence-corrected chi connectivity index (χ1v) is 7.50. The highest BCUT2D eigenvalue weighted by Crippen LogP contribution is 2.47. The molecular weight excluding hydrogens is 274 g/mol. The number of aromatic nitrogens is 1. The van der Waals surface area contributed by atoms with Gasteiger partial charge in [-0.15, -0.1) is 0 Å². The van der Waals surface area contributed by atoms with Crippen molar-refractivity contribution in [3.8, 4) is 6.07 Å². The number of nitrogens with zero attached hydrogens (tertiary/aromatic N) is 1. The van der Waals surface area contributed by atoms with Crippen LogP contribution in [0.15, 0.2) is 48.1 Å². The minimum absolute atomic E-state index is 0.0595. The SMILES string of the molecule is C=C1NC2=C(C(=O)CC(C)(C)C2)C(c2ccc[nH+]c2)C1C#N. The maximum atomic E-state index is 12.7. The number of hydrogen-bond donors (Lipinski definition) is 1. The van der Waals surface area contributed by atoms with Crippen LogP contribution in [0.25, 0.3) is 0 Å². The van der Waals surface area contributed by atoms with Crippen molar-refractivity contribution in [3.05, 3.63) is 53.6 Å². The second-order valence-corrected chi connectivity index (χ2v) is 6.90. The van der Waals surface area contributed by atoms with E-state index in [1.54, 1.807) is 0 Å². The smallest absolute Gasteiger partial charge is 0.170 e. The number of nitriles is 1. The molecule has 0 amide bonds. The van der Waals surface area contributed by atoms with Gasteiger partial charge in [0.25, 0.3) is 0 Å². The van der Waals surface area contributed by atoms with Crippen LogP contribution in [0.1, 0.15) is 38.2 Å². The van der Waals surface area contributed by atoms with E-state index in [1.165, 1.54) is 0 Å². The lowest BCUT2D eigenvalue weighted by Gasteiger charge is -2.40. The Kier molecular flexibility index (Phi) is 3.37. The Bertz CT molecular complexity index is 710. The molecule has 0 bridgehead atoms. The Balaban J connectivity index is 2.17. The summed E-state index contributed by atoms with van der Waals surface area (Å²) in [6.45, 7) is 8.21. The van der Waals surface area contributed by atoms with Gasteiger partial charge in [0.05, 0.1) is 12.0 Å². The second-order valence-electron chi connectivity index (χ2n) is 6.90. The summed E-state index contributed by atoms with van der Waals surface area (Å²) in [6, 6.07) is 6.17. The molecule has 2 heterocycles. The van der Waals surface area contributed by atoms with Gasteiger partial charge in [0.15, 0.2) is 18.2 Å². The molecule has 0 aromatic carbocycles. The van der Waals surface area contributed by atoms with Crippen molar-refractivity contribution in [2.75, 3.05) is 0 Å². The Hall–Kier alpha value is -2.41. The van der Waals surface area contributed by atoms with Gasteiger partial charge in [0.1, 0.15) is 0 Å². The van der Waals surface area contributed by atoms with Crippen LogP contribution in [0.3, 0.4) is 0 Å². The van der Waals surface area contributed by atoms with Crippen LogP contribution in [0.5, 0.6) is 0 Å². The third kappa shape index (κ3) is 2.33. The van der Waals surface area contributed by atoms with E-state index in [0.29, 0.717) is 12.1 Å². The number of hydrogen-bond acceptors (Lipinski definition) is 3. The zero-order valence-corrected chi connectivity index (χ0v) is 12.9. The van der Waals surface area contributed by atoms with Crippen LogP contribution in [0, 0.1) is 22.7 Å². The fourth-order valence-corrected chi connectivity index (χ4v) is 3.56. The van der Waals surface area contributed by atoms with E-state index >= 15 is 0 Å². The van der Waals surface area contributed by atoms with E-state index in [2.05, 4.69) is 36.8 Å². The summed E-state index contributed by atoms with van der Waals surface area (Å²) in [5, 5.41) is 12.8. The highest BCUT2D eigenvalue weighted by molar-refractivity contribution is 5.99. The zero-order valence-electron chi connectivity index (χ0n) is 12.9. The third-order valence-electron chi connectivity index (χ3n) is 4.48. The number of carbonyl (C=O) groups excluding carboxylic acids is 1. The highest BCUT2D eigenvalue weighted by atomic mass is 16.1. The minimum atomic E-state index is -0.431. The molecule has 4 heteroatoms. The highest BCUT2D eigenvalue weighted by Gasteiger charge is 2.44. The Morgan fingerprint density at radius 3 is 2.86 bits per heavy atom. The molecule has 2 N–H and O–H groups in total. The molecule has 0 radical (unpaired) electrons. The first-order valence-electron chi connectivity index (χ1n) is 7.50. The molecule has 0 fully saturated rings. The summed E-state index contributed by atoms with van der Waals surface area (Å²) >= 11 is 0. The number of Topliss-reactive ketones (excluding diaryl/α,β-unsaturated/α-hetero) is 1. The Labute approximate surface area is 130 Å². The molecule has 0 spiro atoms. The zero-order chi connectivity index (χ0) is 15.9. The van der Waals surface area contributed by atoms with Crippen LogP contribution in [-0.2, 0) is 4.79 Å². The van der Waals surface area contributed by atoms with Gasteiger partial charge in [-0.3, -0.25) is 4.79 Å². The fraction of sp³-hybridized carbons (Fsp3) is 0.389. The predicted octanol–water partition coefficient (Wildman–Crippen LogP) is 2.48. The summed E-state index contributed by atoms with van der Waals surface area (Å²) in [7, 11) is 0. The number of aromatic amines is 1. The van der Waals surface area contributed by atoms with Gasteiger partial charge < -0.3 is 5.32 Å². The molecule has 0 saturated heterocycles. The van der Waals surface area contributed by atoms with Crippen LogP contribution in [0.4, 0.5) is 0 Å². The number of nitrogens with one attached hydrogen (secondary N) is 2. The van der Waals surface area contributed by atoms with Crippen molar-refractivity contribution in [2.24, 2.45) is 11.3 Å². The van der Waals surface area contributed by atoms with Gasteiger partial charge in [0, 0.05) is 40.9 Å². The quantitative estimate of drug-likeness (QED) is 0.865. The molecule has 4 nitrogen and oxygen atoms in total. The number of H-pyrrole nitrogens is 1. The predicted molar refractivity (Wildman–Crippen MR) is 82.2 cm³/mol. The van der Waals surface area contributed by atoms with Crippen molar-refractivity contribution in [3.63, 3.8) is 0 Å². The molecule has 3 rings (SSSR count). The molecule has 1 aromatic heterocycles. The summed E-state index contributed by atoms with van der Waals surface area (Å²) < 4.78 is 0. The van der Waals surface area contributed by atoms with E-state index in [4.69, 9.17) is 0 Å². The lowest BCUT2D eigenvalue weighted by Crippen LogP contribution is -2.40. The molecule has 1 aliphatic carbocycles. The van der Waals surface area contributed by atoms with Crippen LogP contribution < -0.4 is 10.3 Å². The lowest BCUT2D eigenvalue weighted by molar-refractivity contribution is -0.378. The van der Waals surface area contributed by atoms with E-state index < -0.39 is 5.92 Å². The molecular formula is C18H20N3O+. The average molecular weight is 294 g/mol. The van der Waals surface area contributed by atoms with Crippen molar-refractivity contribution in [2.45, 2.75) is 32.6 Å². The van der Waals surface area contributed by atoms with Crippen molar-refractivity contribution in [1.29, 1.82) is 5.26 Å². The molecule has 1 aromatic rings. The number of ketones is 1. The van der Waals surface area contributed by atoms with Gasteiger partial charge in [-0.2, -0.15) is 5.26 Å². The van der Waals surface area contributed by atoms with Crippen molar-refractivity contribution < 1.29 is 9.78 Å². The summed E-state index contributed by atoms with van der Waals surface area (Å²) in [4.78, 5) is 15.8.